The van der Waals surface area contributed by atoms with Crippen LogP contribution in [0.3, 0.4) is 0 Å². The lowest BCUT2D eigenvalue weighted by Crippen LogP contribution is -2.48. The van der Waals surface area contributed by atoms with Crippen LogP contribution in [0.25, 0.3) is 0 Å². The monoisotopic (exact) mass is 551 g/mol. The second-order valence-corrected chi connectivity index (χ2v) is 10.5. The van der Waals surface area contributed by atoms with Gasteiger partial charge in [-0.05, 0) is 25.3 Å². The van der Waals surface area contributed by atoms with Crippen LogP contribution in [0.1, 0.15) is 55.5 Å². The molecule has 0 saturated carbocycles. The Morgan fingerprint density at radius 1 is 1.30 bits per heavy atom. The normalized spacial score (nSPS) is 21.1. The minimum absolute atomic E-state index is 0.00367. The van der Waals surface area contributed by atoms with Gasteiger partial charge in [-0.25, -0.2) is 9.78 Å². The first-order chi connectivity index (χ1) is 17.6. The number of hydrogen-bond donors (Lipinski definition) is 4. The van der Waals surface area contributed by atoms with Gasteiger partial charge in [-0.3, -0.25) is 19.2 Å². The topological polar surface area (TPSA) is 170 Å². The lowest BCUT2D eigenvalue weighted by Gasteiger charge is -2.24. The molecule has 5 N–H and O–H groups in total. The van der Waals surface area contributed by atoms with E-state index < -0.39 is 29.9 Å². The summed E-state index contributed by atoms with van der Waals surface area (Å²) in [6, 6.07) is -1.03. The molecule has 0 fully saturated rings. The number of fused-ring (bicyclic) bond motifs is 2. The number of carbonyl (C=O) groups excluding carboxylic acids is 5. The highest BCUT2D eigenvalue weighted by Gasteiger charge is 2.30. The zero-order chi connectivity index (χ0) is 27.4. The number of cyclic esters (lactones) is 1. The largest absolute Gasteiger partial charge is 0.456 e. The summed E-state index contributed by atoms with van der Waals surface area (Å²) in [5.74, 6) is -2.15. The SMILES string of the molecule is CC=C1NC(=O)c2csc(n2)CNC(=O)CC(C=CCCSC(=O)CCN)OC(=O)C(C(C)C)NC1=O. The van der Waals surface area contributed by atoms with E-state index in [0.29, 0.717) is 30.1 Å². The molecule has 0 saturated heterocycles. The molecule has 2 bridgehead atoms. The fourth-order valence-electron chi connectivity index (χ4n) is 3.14. The van der Waals surface area contributed by atoms with Crippen molar-refractivity contribution in [3.8, 4) is 0 Å². The van der Waals surface area contributed by atoms with Crippen LogP contribution in [0.2, 0.25) is 0 Å². The van der Waals surface area contributed by atoms with Gasteiger partial charge in [0.1, 0.15) is 28.5 Å². The number of esters is 1. The van der Waals surface area contributed by atoms with Crippen molar-refractivity contribution >= 4 is 51.9 Å². The molecule has 13 heteroatoms. The first kappa shape index (κ1) is 30.2. The number of thioether (sulfide) groups is 1. The maximum atomic E-state index is 13.0. The van der Waals surface area contributed by atoms with Crippen molar-refractivity contribution in [2.75, 3.05) is 12.3 Å². The molecule has 0 aliphatic carbocycles. The number of aromatic nitrogens is 1. The highest BCUT2D eigenvalue weighted by atomic mass is 32.2. The maximum absolute atomic E-state index is 13.0. The maximum Gasteiger partial charge on any atom is 0.329 e. The molecule has 11 nitrogen and oxygen atoms in total. The lowest BCUT2D eigenvalue weighted by molar-refractivity contribution is -0.153. The zero-order valence-electron chi connectivity index (χ0n) is 21.1. The molecule has 1 aliphatic heterocycles. The van der Waals surface area contributed by atoms with Gasteiger partial charge in [-0.15, -0.1) is 11.3 Å². The van der Waals surface area contributed by atoms with Crippen molar-refractivity contribution in [2.24, 2.45) is 11.7 Å². The summed E-state index contributed by atoms with van der Waals surface area (Å²) in [7, 11) is 0. The van der Waals surface area contributed by atoms with E-state index in [0.717, 1.165) is 0 Å². The van der Waals surface area contributed by atoms with E-state index in [1.807, 2.05) is 0 Å². The van der Waals surface area contributed by atoms with Crippen molar-refractivity contribution in [3.63, 3.8) is 0 Å². The van der Waals surface area contributed by atoms with Crippen LogP contribution >= 0.6 is 23.1 Å². The zero-order valence-corrected chi connectivity index (χ0v) is 22.7. The van der Waals surface area contributed by atoms with Crippen LogP contribution in [-0.4, -0.2) is 58.2 Å². The molecule has 2 unspecified atom stereocenters. The summed E-state index contributed by atoms with van der Waals surface area (Å²) < 4.78 is 5.62. The number of rotatable bonds is 7. The highest BCUT2D eigenvalue weighted by Crippen LogP contribution is 2.14. The molecule has 2 heterocycles. The molecular weight excluding hydrogens is 518 g/mol. The van der Waals surface area contributed by atoms with E-state index in [-0.39, 0.29) is 41.3 Å². The molecule has 202 valence electrons. The van der Waals surface area contributed by atoms with Gasteiger partial charge in [0, 0.05) is 24.1 Å². The second kappa shape index (κ2) is 15.3. The van der Waals surface area contributed by atoms with Gasteiger partial charge in [-0.2, -0.15) is 0 Å². The minimum Gasteiger partial charge on any atom is -0.456 e. The first-order valence-electron chi connectivity index (χ1n) is 11.9. The average Bonchev–Trinajstić information content (AvgIpc) is 3.32. The molecule has 0 spiro atoms. The van der Waals surface area contributed by atoms with Crippen LogP contribution in [-0.2, 0) is 30.5 Å². The Kier molecular flexibility index (Phi) is 12.5. The molecule has 0 radical (unpaired) electrons. The Labute approximate surface area is 224 Å². The van der Waals surface area contributed by atoms with Crippen LogP contribution in [0.4, 0.5) is 0 Å². The molecule has 2 rings (SSSR count). The number of nitrogens with two attached hydrogens (primary N) is 1. The molecule has 37 heavy (non-hydrogen) atoms. The smallest absolute Gasteiger partial charge is 0.329 e. The third kappa shape index (κ3) is 10.1. The summed E-state index contributed by atoms with van der Waals surface area (Å²) in [5, 5.41) is 9.88. The molecule has 1 aromatic rings. The summed E-state index contributed by atoms with van der Waals surface area (Å²) in [6.07, 6.45) is 4.55. The van der Waals surface area contributed by atoms with Gasteiger partial charge in [0.15, 0.2) is 5.12 Å². The van der Waals surface area contributed by atoms with E-state index in [9.17, 15) is 24.0 Å². The van der Waals surface area contributed by atoms with E-state index in [1.54, 1.807) is 32.9 Å². The van der Waals surface area contributed by atoms with Gasteiger partial charge in [0.05, 0.1) is 13.0 Å². The van der Waals surface area contributed by atoms with Crippen molar-refractivity contribution < 1.29 is 28.7 Å². The minimum atomic E-state index is -1.03. The lowest BCUT2D eigenvalue weighted by atomic mass is 10.0. The average molecular weight is 552 g/mol. The van der Waals surface area contributed by atoms with Crippen LogP contribution in [0.5, 0.6) is 0 Å². The van der Waals surface area contributed by atoms with E-state index in [1.165, 1.54) is 34.6 Å². The Morgan fingerprint density at radius 2 is 2.05 bits per heavy atom. The number of allylic oxidation sites excluding steroid dienone is 2. The van der Waals surface area contributed by atoms with Gasteiger partial charge in [-0.1, -0.05) is 37.8 Å². The van der Waals surface area contributed by atoms with Crippen molar-refractivity contribution in [1.29, 1.82) is 0 Å². The Hall–Kier alpha value is -3.03. The van der Waals surface area contributed by atoms with Gasteiger partial charge in [0.25, 0.3) is 11.8 Å². The summed E-state index contributed by atoms with van der Waals surface area (Å²) in [6.45, 7) is 5.45. The van der Waals surface area contributed by atoms with Crippen molar-refractivity contribution in [1.82, 2.24) is 20.9 Å². The fourth-order valence-corrected chi connectivity index (χ4v) is 4.60. The fraction of sp³-hybridized carbons (Fsp3) is 0.500. The highest BCUT2D eigenvalue weighted by molar-refractivity contribution is 8.13. The Bertz CT molecular complexity index is 1050. The Balaban J connectivity index is 2.24. The van der Waals surface area contributed by atoms with Crippen LogP contribution in [0, 0.1) is 5.92 Å². The van der Waals surface area contributed by atoms with Gasteiger partial charge >= 0.3 is 5.97 Å². The van der Waals surface area contributed by atoms with E-state index in [2.05, 4.69) is 20.9 Å². The third-order valence-corrected chi connectivity index (χ3v) is 6.93. The Morgan fingerprint density at radius 3 is 2.73 bits per heavy atom. The second-order valence-electron chi connectivity index (χ2n) is 8.41. The number of ether oxygens (including phenoxy) is 1. The van der Waals surface area contributed by atoms with Crippen LogP contribution in [0.15, 0.2) is 29.3 Å². The number of thiazole rings is 1. The number of hydrogen-bond acceptors (Lipinski definition) is 10. The summed E-state index contributed by atoms with van der Waals surface area (Å²) in [5.41, 5.74) is 5.46. The van der Waals surface area contributed by atoms with Crippen LogP contribution < -0.4 is 21.7 Å². The van der Waals surface area contributed by atoms with E-state index in [4.69, 9.17) is 10.5 Å². The number of nitrogens with zero attached hydrogens (tertiary/aromatic N) is 1. The third-order valence-electron chi connectivity index (χ3n) is 5.11. The number of carbonyl (C=O) groups is 5. The predicted molar refractivity (Wildman–Crippen MR) is 141 cm³/mol. The van der Waals surface area contributed by atoms with E-state index >= 15 is 0 Å². The number of amides is 3. The van der Waals surface area contributed by atoms with Gasteiger partial charge in [0.2, 0.25) is 5.91 Å². The predicted octanol–water partition coefficient (Wildman–Crippen LogP) is 1.40. The van der Waals surface area contributed by atoms with Crippen molar-refractivity contribution in [2.45, 2.75) is 58.7 Å². The van der Waals surface area contributed by atoms with Crippen molar-refractivity contribution in [3.05, 3.63) is 40.0 Å². The molecule has 2 atom stereocenters. The molecule has 1 aromatic heterocycles. The number of nitrogens with one attached hydrogen (secondary N) is 3. The standard InChI is InChI=1S/C24H33N5O6S2/c1-4-16-22(32)29-21(14(2)3)24(34)35-15(7-5-6-10-36-20(31)8-9-25)11-18(30)26-12-19-27-17(13-37-19)23(33)28-16/h4-5,7,13-15,21H,6,8-12,25H2,1-3H3,(H,26,30)(H,28,33)(H,29,32). The first-order valence-corrected chi connectivity index (χ1v) is 13.7. The molecule has 0 aromatic carbocycles. The quantitative estimate of drug-likeness (QED) is 0.169. The summed E-state index contributed by atoms with van der Waals surface area (Å²) in [4.78, 5) is 66.9. The molecule has 1 aliphatic rings. The molecule has 3 amide bonds. The summed E-state index contributed by atoms with van der Waals surface area (Å²) >= 11 is 2.36. The van der Waals surface area contributed by atoms with Gasteiger partial charge < -0.3 is 26.4 Å². The molecular formula is C24H33N5O6S2.